The van der Waals surface area contributed by atoms with Crippen LogP contribution in [-0.4, -0.2) is 62.6 Å². The molecule has 35 heavy (non-hydrogen) atoms. The lowest BCUT2D eigenvalue weighted by atomic mass is 10.1. The van der Waals surface area contributed by atoms with Gasteiger partial charge in [-0.1, -0.05) is 29.8 Å². The minimum absolute atomic E-state index is 0.251. The van der Waals surface area contributed by atoms with Gasteiger partial charge in [-0.3, -0.25) is 0 Å². The summed E-state index contributed by atoms with van der Waals surface area (Å²) in [5, 5.41) is 0. The molecule has 3 aromatic rings. The quantitative estimate of drug-likeness (QED) is 0.521. The zero-order valence-corrected chi connectivity index (χ0v) is 20.9. The highest BCUT2D eigenvalue weighted by Crippen LogP contribution is 2.31. The van der Waals surface area contributed by atoms with Gasteiger partial charge in [0.05, 0.1) is 30.9 Å². The molecular weight excluding hydrogens is 464 g/mol. The summed E-state index contributed by atoms with van der Waals surface area (Å²) in [5.74, 6) is 2.22. The summed E-state index contributed by atoms with van der Waals surface area (Å²) in [7, 11) is -2.10. The molecule has 0 radical (unpaired) electrons. The van der Waals surface area contributed by atoms with Gasteiger partial charge in [-0.25, -0.2) is 18.4 Å². The number of methoxy groups -OCH3 is 1. The minimum atomic E-state index is -3.66. The van der Waals surface area contributed by atoms with Gasteiger partial charge in [0.25, 0.3) is 0 Å². The van der Waals surface area contributed by atoms with Gasteiger partial charge in [-0.15, -0.1) is 0 Å². The second-order valence-electron chi connectivity index (χ2n) is 8.92. The fourth-order valence-electron chi connectivity index (χ4n) is 4.64. The van der Waals surface area contributed by atoms with Crippen molar-refractivity contribution in [1.29, 1.82) is 0 Å². The van der Waals surface area contributed by atoms with Crippen LogP contribution < -0.4 is 9.64 Å². The van der Waals surface area contributed by atoms with Crippen molar-refractivity contribution in [3.8, 4) is 5.75 Å². The minimum Gasteiger partial charge on any atom is -0.497 e. The van der Waals surface area contributed by atoms with Crippen molar-refractivity contribution in [2.24, 2.45) is 0 Å². The highest BCUT2D eigenvalue weighted by atomic mass is 32.2. The number of hydrogen-bond donors (Lipinski definition) is 0. The van der Waals surface area contributed by atoms with Gasteiger partial charge >= 0.3 is 0 Å². The summed E-state index contributed by atoms with van der Waals surface area (Å²) in [6.45, 7) is 5.40. The average Bonchev–Trinajstić information content (AvgIpc) is 2.88. The molecule has 0 unspecified atom stereocenters. The second kappa shape index (κ2) is 9.93. The van der Waals surface area contributed by atoms with Crippen LogP contribution in [0.25, 0.3) is 0 Å². The first-order valence-electron chi connectivity index (χ1n) is 11.8. The van der Waals surface area contributed by atoms with Gasteiger partial charge in [0.15, 0.2) is 0 Å². The lowest BCUT2D eigenvalue weighted by Crippen LogP contribution is -2.41. The van der Waals surface area contributed by atoms with Crippen LogP contribution in [0.15, 0.2) is 53.4 Å². The lowest BCUT2D eigenvalue weighted by molar-refractivity contribution is 0.122. The molecule has 0 amide bonds. The molecule has 9 heteroatoms. The van der Waals surface area contributed by atoms with Crippen molar-refractivity contribution in [3.63, 3.8) is 0 Å². The molecule has 8 nitrogen and oxygen atoms in total. The predicted octanol–water partition coefficient (Wildman–Crippen LogP) is 2.97. The number of fused-ring (bicyclic) bond motifs is 1. The summed E-state index contributed by atoms with van der Waals surface area (Å²) >= 11 is 0. The van der Waals surface area contributed by atoms with E-state index in [0.29, 0.717) is 38.3 Å². The fraction of sp³-hybridized carbons (Fsp3) is 0.385. The summed E-state index contributed by atoms with van der Waals surface area (Å²) in [6.07, 6.45) is 1.19. The maximum atomic E-state index is 13.4. The number of rotatable bonds is 6. The van der Waals surface area contributed by atoms with E-state index in [4.69, 9.17) is 19.4 Å². The van der Waals surface area contributed by atoms with Crippen molar-refractivity contribution in [2.45, 2.75) is 31.2 Å². The van der Waals surface area contributed by atoms with Gasteiger partial charge in [0, 0.05) is 44.6 Å². The molecule has 0 N–H and O–H groups in total. The molecule has 184 valence electrons. The molecule has 2 aliphatic rings. The topological polar surface area (TPSA) is 84.9 Å². The third kappa shape index (κ3) is 5.03. The van der Waals surface area contributed by atoms with Crippen molar-refractivity contribution >= 4 is 15.8 Å². The number of morpholine rings is 1. The number of anilines is 1. The van der Waals surface area contributed by atoms with Crippen LogP contribution in [-0.2, 0) is 34.1 Å². The Kier molecular flexibility index (Phi) is 6.73. The zero-order valence-electron chi connectivity index (χ0n) is 20.1. The molecule has 0 aliphatic carbocycles. The molecule has 0 spiro atoms. The summed E-state index contributed by atoms with van der Waals surface area (Å²) < 4.78 is 39.1. The van der Waals surface area contributed by atoms with E-state index < -0.39 is 10.0 Å². The number of ether oxygens (including phenoxy) is 2. The van der Waals surface area contributed by atoms with Crippen LogP contribution >= 0.6 is 0 Å². The first kappa shape index (κ1) is 23.7. The van der Waals surface area contributed by atoms with Crippen molar-refractivity contribution < 1.29 is 17.9 Å². The van der Waals surface area contributed by atoms with Crippen molar-refractivity contribution in [3.05, 3.63) is 76.7 Å². The monoisotopic (exact) mass is 494 g/mol. The number of nitrogens with zero attached hydrogens (tertiary/aromatic N) is 4. The number of aryl methyl sites for hydroxylation is 1. The fourth-order valence-corrected chi connectivity index (χ4v) is 6.05. The van der Waals surface area contributed by atoms with Crippen LogP contribution in [0.4, 0.5) is 5.82 Å². The smallest absolute Gasteiger partial charge is 0.243 e. The zero-order chi connectivity index (χ0) is 24.4. The average molecular weight is 495 g/mol. The Morgan fingerprint density at radius 1 is 1.03 bits per heavy atom. The molecule has 0 atom stereocenters. The lowest BCUT2D eigenvalue weighted by Gasteiger charge is -2.34. The molecule has 3 heterocycles. The normalized spacial score (nSPS) is 16.7. The summed E-state index contributed by atoms with van der Waals surface area (Å²) in [5.41, 5.74) is 4.19. The van der Waals surface area contributed by atoms with Crippen molar-refractivity contribution in [2.75, 3.05) is 44.9 Å². The highest BCUT2D eigenvalue weighted by molar-refractivity contribution is 7.89. The van der Waals surface area contributed by atoms with Gasteiger partial charge in [-0.2, -0.15) is 4.31 Å². The maximum Gasteiger partial charge on any atom is 0.243 e. The van der Waals surface area contributed by atoms with E-state index in [1.807, 2.05) is 6.07 Å². The largest absolute Gasteiger partial charge is 0.497 e. The highest BCUT2D eigenvalue weighted by Gasteiger charge is 2.32. The third-order valence-corrected chi connectivity index (χ3v) is 8.36. The number of benzene rings is 2. The molecular formula is C26H30N4O4S. The Labute approximate surface area is 206 Å². The standard InChI is InChI=1S/C26H30N4O4S/c1-19-4-3-5-20(16-19)17-25-27-24-10-11-30(35(31,32)22-8-6-21(33-2)7-9-22)18-23(24)26(28-25)29-12-14-34-15-13-29/h3-9,16H,10-15,17-18H2,1-2H3. The van der Waals surface area contributed by atoms with Crippen LogP contribution in [0.5, 0.6) is 5.75 Å². The number of sulfonamides is 1. The first-order chi connectivity index (χ1) is 16.9. The Hall–Kier alpha value is -3.01. The third-order valence-electron chi connectivity index (χ3n) is 6.50. The van der Waals surface area contributed by atoms with Crippen LogP contribution in [0.1, 0.15) is 28.2 Å². The van der Waals surface area contributed by atoms with E-state index in [9.17, 15) is 8.42 Å². The van der Waals surface area contributed by atoms with E-state index in [1.54, 1.807) is 31.4 Å². The summed E-state index contributed by atoms with van der Waals surface area (Å²) in [4.78, 5) is 12.3. The van der Waals surface area contributed by atoms with Gasteiger partial charge in [0.1, 0.15) is 17.4 Å². The van der Waals surface area contributed by atoms with E-state index in [-0.39, 0.29) is 11.4 Å². The summed E-state index contributed by atoms with van der Waals surface area (Å²) in [6, 6.07) is 14.9. The molecule has 1 fully saturated rings. The molecule has 1 saturated heterocycles. The Morgan fingerprint density at radius 3 is 2.51 bits per heavy atom. The number of hydrogen-bond acceptors (Lipinski definition) is 7. The first-order valence-corrected chi connectivity index (χ1v) is 13.3. The number of aromatic nitrogens is 2. The van der Waals surface area contributed by atoms with Crippen LogP contribution in [0, 0.1) is 6.92 Å². The SMILES string of the molecule is COc1ccc(S(=O)(=O)N2CCc3nc(Cc4cccc(C)c4)nc(N4CCOCC4)c3C2)cc1. The van der Waals surface area contributed by atoms with E-state index in [1.165, 1.54) is 9.87 Å². The maximum absolute atomic E-state index is 13.4. The molecule has 2 aliphatic heterocycles. The predicted molar refractivity (Wildman–Crippen MR) is 133 cm³/mol. The van der Waals surface area contributed by atoms with Gasteiger partial charge < -0.3 is 14.4 Å². The van der Waals surface area contributed by atoms with E-state index in [2.05, 4.69) is 30.0 Å². The van der Waals surface area contributed by atoms with Crippen LogP contribution in [0.3, 0.4) is 0 Å². The van der Waals surface area contributed by atoms with Crippen molar-refractivity contribution in [1.82, 2.24) is 14.3 Å². The van der Waals surface area contributed by atoms with E-state index in [0.717, 1.165) is 41.6 Å². The van der Waals surface area contributed by atoms with E-state index >= 15 is 0 Å². The van der Waals surface area contributed by atoms with Gasteiger partial charge in [-0.05, 0) is 36.8 Å². The van der Waals surface area contributed by atoms with Crippen LogP contribution in [0.2, 0.25) is 0 Å². The Balaban J connectivity index is 1.48. The Bertz CT molecular complexity index is 1310. The molecule has 2 aromatic carbocycles. The molecule has 1 aromatic heterocycles. The van der Waals surface area contributed by atoms with Gasteiger partial charge in [0.2, 0.25) is 10.0 Å². The molecule has 0 bridgehead atoms. The Morgan fingerprint density at radius 2 is 1.80 bits per heavy atom. The molecule has 5 rings (SSSR count). The molecule has 0 saturated carbocycles. The second-order valence-corrected chi connectivity index (χ2v) is 10.9.